The van der Waals surface area contributed by atoms with Crippen LogP contribution in [0.25, 0.3) is 10.8 Å². The molecule has 0 saturated carbocycles. The van der Waals surface area contributed by atoms with E-state index in [-0.39, 0.29) is 5.91 Å². The predicted octanol–water partition coefficient (Wildman–Crippen LogP) is 0.942. The van der Waals surface area contributed by atoms with Crippen molar-refractivity contribution in [1.29, 1.82) is 0 Å². The van der Waals surface area contributed by atoms with Crippen molar-refractivity contribution in [1.82, 2.24) is 35.1 Å². The Morgan fingerprint density at radius 3 is 2.39 bits per heavy atom. The number of nitrogens with zero attached hydrogens (tertiary/aromatic N) is 7. The molecule has 0 bridgehead atoms. The van der Waals surface area contributed by atoms with Gasteiger partial charge in [0.05, 0.1) is 0 Å². The van der Waals surface area contributed by atoms with Gasteiger partial charge in [-0.15, -0.1) is 11.3 Å². The molecule has 1 amide bonds. The lowest BCUT2D eigenvalue weighted by atomic mass is 10.3. The minimum atomic E-state index is -0.172. The second-order valence-electron chi connectivity index (χ2n) is 6.24. The van der Waals surface area contributed by atoms with E-state index >= 15 is 0 Å². The summed E-state index contributed by atoms with van der Waals surface area (Å²) in [7, 11) is 0. The van der Waals surface area contributed by atoms with Crippen molar-refractivity contribution in [2.75, 3.05) is 44.2 Å². The number of aromatic nitrogens is 5. The molecule has 1 aliphatic heterocycles. The highest BCUT2D eigenvalue weighted by molar-refractivity contribution is 7.13. The molecule has 3 aromatic heterocycles. The maximum absolute atomic E-state index is 12.3. The molecule has 0 aliphatic carbocycles. The number of hydrogen-bond acceptors (Lipinski definition) is 9. The summed E-state index contributed by atoms with van der Waals surface area (Å²) < 4.78 is 0. The fourth-order valence-corrected chi connectivity index (χ4v) is 3.68. The molecule has 1 fully saturated rings. The van der Waals surface area contributed by atoms with Gasteiger partial charge in [0.1, 0.15) is 5.69 Å². The standard InChI is InChI=1S/C18H20N8OS/c27-16(14-13-28-17(24-14)15-19-3-1-4-20-15)21-7-8-25-9-11-26(12-10-25)18-22-5-2-6-23-18/h1-6,13H,7-12H2,(H,21,27). The van der Waals surface area contributed by atoms with Gasteiger partial charge in [0.15, 0.2) is 10.8 Å². The van der Waals surface area contributed by atoms with Crippen LogP contribution in [0.3, 0.4) is 0 Å². The molecule has 0 aromatic carbocycles. The van der Waals surface area contributed by atoms with Gasteiger partial charge in [0.2, 0.25) is 5.95 Å². The molecular weight excluding hydrogens is 376 g/mol. The van der Waals surface area contributed by atoms with Crippen LogP contribution in [0.15, 0.2) is 42.3 Å². The highest BCUT2D eigenvalue weighted by Crippen LogP contribution is 2.19. The van der Waals surface area contributed by atoms with Crippen molar-refractivity contribution in [3.05, 3.63) is 48.0 Å². The minimum absolute atomic E-state index is 0.172. The molecule has 4 heterocycles. The highest BCUT2D eigenvalue weighted by Gasteiger charge is 2.19. The number of thiazole rings is 1. The van der Waals surface area contributed by atoms with Gasteiger partial charge < -0.3 is 10.2 Å². The highest BCUT2D eigenvalue weighted by atomic mass is 32.1. The first-order valence-corrected chi connectivity index (χ1v) is 9.93. The van der Waals surface area contributed by atoms with Crippen molar-refractivity contribution in [2.45, 2.75) is 0 Å². The zero-order chi connectivity index (χ0) is 19.2. The van der Waals surface area contributed by atoms with Crippen molar-refractivity contribution in [2.24, 2.45) is 0 Å². The van der Waals surface area contributed by atoms with Gasteiger partial charge in [-0.1, -0.05) is 0 Å². The molecule has 3 aromatic rings. The normalized spacial score (nSPS) is 14.8. The molecule has 1 N–H and O–H groups in total. The predicted molar refractivity (Wildman–Crippen MR) is 106 cm³/mol. The van der Waals surface area contributed by atoms with Crippen molar-refractivity contribution in [3.63, 3.8) is 0 Å². The van der Waals surface area contributed by atoms with Crippen molar-refractivity contribution < 1.29 is 4.79 Å². The molecule has 1 saturated heterocycles. The lowest BCUT2D eigenvalue weighted by Crippen LogP contribution is -2.49. The van der Waals surface area contributed by atoms with Crippen LogP contribution in [0.4, 0.5) is 5.95 Å². The summed E-state index contributed by atoms with van der Waals surface area (Å²) in [6, 6.07) is 3.57. The average Bonchev–Trinajstić information content (AvgIpc) is 3.26. The van der Waals surface area contributed by atoms with Gasteiger partial charge in [-0.05, 0) is 12.1 Å². The van der Waals surface area contributed by atoms with E-state index in [1.807, 2.05) is 6.07 Å². The number of hydrogen-bond donors (Lipinski definition) is 1. The van der Waals surface area contributed by atoms with E-state index in [9.17, 15) is 4.79 Å². The fourth-order valence-electron chi connectivity index (χ4n) is 2.93. The number of anilines is 1. The summed E-state index contributed by atoms with van der Waals surface area (Å²) in [5.74, 6) is 1.14. The van der Waals surface area contributed by atoms with Gasteiger partial charge in [0, 0.05) is 69.4 Å². The molecule has 144 valence electrons. The number of piperazine rings is 1. The SMILES string of the molecule is O=C(NCCN1CCN(c2ncccn2)CC1)c1csc(-c2ncccn2)n1. The van der Waals surface area contributed by atoms with E-state index in [1.54, 1.807) is 36.2 Å². The number of nitrogens with one attached hydrogen (secondary N) is 1. The smallest absolute Gasteiger partial charge is 0.270 e. The zero-order valence-corrected chi connectivity index (χ0v) is 16.0. The largest absolute Gasteiger partial charge is 0.349 e. The molecule has 28 heavy (non-hydrogen) atoms. The lowest BCUT2D eigenvalue weighted by molar-refractivity contribution is 0.0943. The third-order valence-corrected chi connectivity index (χ3v) is 5.25. The Morgan fingerprint density at radius 2 is 1.68 bits per heavy atom. The van der Waals surface area contributed by atoms with E-state index in [0.29, 0.717) is 23.1 Å². The third kappa shape index (κ3) is 4.46. The van der Waals surface area contributed by atoms with E-state index in [4.69, 9.17) is 0 Å². The number of carbonyl (C=O) groups excluding carboxylic acids is 1. The fraction of sp³-hybridized carbons (Fsp3) is 0.333. The maximum atomic E-state index is 12.3. The second kappa shape index (κ2) is 8.81. The Hall–Kier alpha value is -2.98. The number of amides is 1. The van der Waals surface area contributed by atoms with Crippen LogP contribution in [-0.4, -0.2) is 75.0 Å². The monoisotopic (exact) mass is 396 g/mol. The number of carbonyl (C=O) groups is 1. The molecule has 4 rings (SSSR count). The van der Waals surface area contributed by atoms with Crippen LogP contribution in [0, 0.1) is 0 Å². The molecule has 0 radical (unpaired) electrons. The van der Waals surface area contributed by atoms with E-state index in [0.717, 1.165) is 38.7 Å². The van der Waals surface area contributed by atoms with E-state index in [2.05, 4.69) is 40.0 Å². The first-order chi connectivity index (χ1) is 13.8. The molecular formula is C18H20N8OS. The summed E-state index contributed by atoms with van der Waals surface area (Å²) in [6.07, 6.45) is 6.84. The second-order valence-corrected chi connectivity index (χ2v) is 7.10. The first kappa shape index (κ1) is 18.4. The Morgan fingerprint density at radius 1 is 1.00 bits per heavy atom. The summed E-state index contributed by atoms with van der Waals surface area (Å²) in [5, 5.41) is 5.32. The van der Waals surface area contributed by atoms with Crippen molar-refractivity contribution >= 4 is 23.2 Å². The van der Waals surface area contributed by atoms with Crippen LogP contribution in [0.1, 0.15) is 10.5 Å². The van der Waals surface area contributed by atoms with Crippen LogP contribution >= 0.6 is 11.3 Å². The lowest BCUT2D eigenvalue weighted by Gasteiger charge is -2.34. The van der Waals surface area contributed by atoms with Gasteiger partial charge in [-0.3, -0.25) is 9.69 Å². The molecule has 1 aliphatic rings. The average molecular weight is 396 g/mol. The third-order valence-electron chi connectivity index (χ3n) is 4.41. The minimum Gasteiger partial charge on any atom is -0.349 e. The van der Waals surface area contributed by atoms with Crippen LogP contribution < -0.4 is 10.2 Å². The Balaban J connectivity index is 1.22. The quantitative estimate of drug-likeness (QED) is 0.657. The summed E-state index contributed by atoms with van der Waals surface area (Å²) in [5.41, 5.74) is 0.401. The summed E-state index contributed by atoms with van der Waals surface area (Å²) in [4.78, 5) is 38.1. The Labute approximate surface area is 166 Å². The molecule has 0 spiro atoms. The molecule has 10 heteroatoms. The Kier molecular flexibility index (Phi) is 5.78. The summed E-state index contributed by atoms with van der Waals surface area (Å²) in [6.45, 7) is 4.97. The molecule has 0 atom stereocenters. The van der Waals surface area contributed by atoms with Gasteiger partial charge in [-0.25, -0.2) is 24.9 Å². The molecule has 0 unspecified atom stereocenters. The molecule has 9 nitrogen and oxygen atoms in total. The topological polar surface area (TPSA) is 100 Å². The zero-order valence-electron chi connectivity index (χ0n) is 15.2. The Bertz CT molecular complexity index is 896. The number of rotatable bonds is 6. The van der Waals surface area contributed by atoms with Gasteiger partial charge >= 0.3 is 0 Å². The van der Waals surface area contributed by atoms with E-state index in [1.165, 1.54) is 11.3 Å². The van der Waals surface area contributed by atoms with E-state index < -0.39 is 0 Å². The van der Waals surface area contributed by atoms with Gasteiger partial charge in [-0.2, -0.15) is 0 Å². The van der Waals surface area contributed by atoms with Crippen LogP contribution in [-0.2, 0) is 0 Å². The van der Waals surface area contributed by atoms with Crippen LogP contribution in [0.2, 0.25) is 0 Å². The van der Waals surface area contributed by atoms with Gasteiger partial charge in [0.25, 0.3) is 5.91 Å². The summed E-state index contributed by atoms with van der Waals surface area (Å²) >= 11 is 1.37. The van der Waals surface area contributed by atoms with Crippen molar-refractivity contribution in [3.8, 4) is 10.8 Å². The first-order valence-electron chi connectivity index (χ1n) is 9.05. The van der Waals surface area contributed by atoms with Crippen LogP contribution in [0.5, 0.6) is 0 Å². The maximum Gasteiger partial charge on any atom is 0.270 e.